The van der Waals surface area contributed by atoms with Crippen molar-refractivity contribution in [1.82, 2.24) is 14.9 Å². The molecule has 1 saturated carbocycles. The van der Waals surface area contributed by atoms with Gasteiger partial charge in [-0.25, -0.2) is 9.78 Å². The van der Waals surface area contributed by atoms with Gasteiger partial charge in [0.25, 0.3) is 0 Å². The number of carboxylic acids is 1. The van der Waals surface area contributed by atoms with Gasteiger partial charge >= 0.3 is 5.97 Å². The fourth-order valence-corrected chi connectivity index (χ4v) is 4.13. The van der Waals surface area contributed by atoms with Crippen molar-refractivity contribution in [2.24, 2.45) is 11.3 Å². The molecule has 7 nitrogen and oxygen atoms in total. The molecule has 1 saturated heterocycles. The van der Waals surface area contributed by atoms with Crippen molar-refractivity contribution in [1.29, 1.82) is 0 Å². The number of carbonyl (C=O) groups is 2. The van der Waals surface area contributed by atoms with Crippen molar-refractivity contribution in [3.05, 3.63) is 29.1 Å². The second-order valence-electron chi connectivity index (χ2n) is 10.5. The van der Waals surface area contributed by atoms with Crippen molar-refractivity contribution in [2.75, 3.05) is 6.54 Å². The molecular formula is C25H33N3O4. The monoisotopic (exact) mass is 439 g/mol. The van der Waals surface area contributed by atoms with Crippen LogP contribution in [-0.4, -0.2) is 50.5 Å². The summed E-state index contributed by atoms with van der Waals surface area (Å²) in [5, 5.41) is 10.6. The van der Waals surface area contributed by atoms with Crippen LogP contribution in [0.3, 0.4) is 0 Å². The number of carbonyl (C=O) groups excluding carboxylic acids is 1. The van der Waals surface area contributed by atoms with Crippen LogP contribution >= 0.6 is 0 Å². The highest BCUT2D eigenvalue weighted by Crippen LogP contribution is 2.40. The third-order valence-electron chi connectivity index (χ3n) is 7.01. The predicted octanol–water partition coefficient (Wildman–Crippen LogP) is 4.24. The average molecular weight is 440 g/mol. The topological polar surface area (TPSA) is 92.6 Å². The lowest BCUT2D eigenvalue weighted by Crippen LogP contribution is -2.45. The number of fused-ring (bicyclic) bond motifs is 1. The molecule has 2 aromatic rings. The predicted molar refractivity (Wildman–Crippen MR) is 122 cm³/mol. The van der Waals surface area contributed by atoms with Gasteiger partial charge in [0.1, 0.15) is 18.0 Å². The van der Waals surface area contributed by atoms with Crippen LogP contribution < -0.4 is 4.74 Å². The van der Waals surface area contributed by atoms with Gasteiger partial charge in [-0.3, -0.25) is 4.79 Å². The number of benzene rings is 1. The first kappa shape index (κ1) is 22.5. The summed E-state index contributed by atoms with van der Waals surface area (Å²) in [6.07, 6.45) is 1.96. The van der Waals surface area contributed by atoms with Crippen LogP contribution in [0, 0.1) is 25.2 Å². The molecule has 7 heteroatoms. The minimum Gasteiger partial charge on any atom is -0.480 e. The van der Waals surface area contributed by atoms with E-state index in [-0.39, 0.29) is 30.2 Å². The van der Waals surface area contributed by atoms with Gasteiger partial charge in [-0.05, 0) is 55.4 Å². The van der Waals surface area contributed by atoms with Gasteiger partial charge in [-0.15, -0.1) is 0 Å². The Labute approximate surface area is 189 Å². The van der Waals surface area contributed by atoms with Crippen molar-refractivity contribution < 1.29 is 19.4 Å². The zero-order valence-corrected chi connectivity index (χ0v) is 19.8. The van der Waals surface area contributed by atoms with Gasteiger partial charge in [0.15, 0.2) is 0 Å². The Bertz CT molecular complexity index is 1070. The number of likely N-dealkylation sites (tertiary alicyclic amines) is 1. The summed E-state index contributed by atoms with van der Waals surface area (Å²) in [5.74, 6) is 0.210. The van der Waals surface area contributed by atoms with Crippen LogP contribution in [0.2, 0.25) is 0 Å². The minimum absolute atomic E-state index is 0.145. The van der Waals surface area contributed by atoms with Gasteiger partial charge in [0, 0.05) is 18.3 Å². The quantitative estimate of drug-likeness (QED) is 0.749. The lowest BCUT2D eigenvalue weighted by molar-refractivity contribution is -0.151. The molecule has 1 N–H and O–H groups in total. The van der Waals surface area contributed by atoms with Gasteiger partial charge in [-0.1, -0.05) is 27.7 Å². The summed E-state index contributed by atoms with van der Waals surface area (Å²) in [4.78, 5) is 36.1. The van der Waals surface area contributed by atoms with Gasteiger partial charge < -0.3 is 14.7 Å². The number of hydrogen-bond acceptors (Lipinski definition) is 5. The summed E-state index contributed by atoms with van der Waals surface area (Å²) in [6, 6.07) is 3.20. The summed E-state index contributed by atoms with van der Waals surface area (Å²) in [7, 11) is 0. The fourth-order valence-electron chi connectivity index (χ4n) is 4.13. The van der Waals surface area contributed by atoms with Crippen molar-refractivity contribution in [2.45, 2.75) is 78.9 Å². The molecule has 3 atom stereocenters. The Morgan fingerprint density at radius 3 is 2.41 bits per heavy atom. The molecule has 1 aliphatic heterocycles. The van der Waals surface area contributed by atoms with E-state index in [0.717, 1.165) is 40.7 Å². The maximum absolute atomic E-state index is 13.1. The van der Waals surface area contributed by atoms with Crippen LogP contribution in [0.25, 0.3) is 10.9 Å². The second kappa shape index (κ2) is 8.01. The molecule has 172 valence electrons. The number of amides is 1. The number of aliphatic carboxylic acids is 1. The summed E-state index contributed by atoms with van der Waals surface area (Å²) in [6.45, 7) is 12.2. The van der Waals surface area contributed by atoms with E-state index in [1.807, 2.05) is 40.7 Å². The SMILES string of the molecule is Cc1cc2nc(C3CC3)nc(O[C@@H]3CC(C(=O)O)N(C(=O)[C@@H](C)C(C)(C)C)C3)c2cc1C. The van der Waals surface area contributed by atoms with E-state index in [0.29, 0.717) is 11.8 Å². The van der Waals surface area contributed by atoms with Crippen LogP contribution in [0.15, 0.2) is 12.1 Å². The zero-order chi connectivity index (χ0) is 23.4. The standard InChI is InChI=1S/C25H33N3O4/c1-13-9-18-19(10-14(13)2)26-21(16-7-8-16)27-22(18)32-17-11-20(24(30)31)28(12-17)23(29)15(3)25(4,5)6/h9-10,15-17,20H,7-8,11-12H2,1-6H3,(H,30,31)/t15-,17-,20?/m1/s1. The van der Waals surface area contributed by atoms with E-state index >= 15 is 0 Å². The molecule has 1 unspecified atom stereocenters. The van der Waals surface area contributed by atoms with E-state index in [1.54, 1.807) is 0 Å². The third-order valence-corrected chi connectivity index (χ3v) is 7.01. The number of carboxylic acid groups (broad SMARTS) is 1. The van der Waals surface area contributed by atoms with Crippen LogP contribution in [0.5, 0.6) is 5.88 Å². The molecule has 1 amide bonds. The number of hydrogen-bond donors (Lipinski definition) is 1. The summed E-state index contributed by atoms with van der Waals surface area (Å²) in [5.41, 5.74) is 2.87. The molecule has 2 aliphatic rings. The molecule has 32 heavy (non-hydrogen) atoms. The molecule has 0 bridgehead atoms. The summed E-state index contributed by atoms with van der Waals surface area (Å²) >= 11 is 0. The van der Waals surface area contributed by atoms with Gasteiger partial charge in [0.2, 0.25) is 11.8 Å². The number of ether oxygens (including phenoxy) is 1. The molecule has 0 radical (unpaired) electrons. The van der Waals surface area contributed by atoms with Crippen LogP contribution in [0.1, 0.15) is 69.8 Å². The second-order valence-corrected chi connectivity index (χ2v) is 10.5. The zero-order valence-electron chi connectivity index (χ0n) is 19.8. The lowest BCUT2D eigenvalue weighted by atomic mass is 9.81. The van der Waals surface area contributed by atoms with Gasteiger partial charge in [-0.2, -0.15) is 4.98 Å². The van der Waals surface area contributed by atoms with Gasteiger partial charge in [0.05, 0.1) is 17.4 Å². The Kier molecular flexibility index (Phi) is 5.63. The summed E-state index contributed by atoms with van der Waals surface area (Å²) < 4.78 is 6.32. The highest BCUT2D eigenvalue weighted by Gasteiger charge is 2.44. The van der Waals surface area contributed by atoms with E-state index in [1.165, 1.54) is 4.90 Å². The normalized spacial score (nSPS) is 22.2. The largest absolute Gasteiger partial charge is 0.480 e. The highest BCUT2D eigenvalue weighted by molar-refractivity contribution is 5.87. The van der Waals surface area contributed by atoms with Crippen molar-refractivity contribution >= 4 is 22.8 Å². The average Bonchev–Trinajstić information content (AvgIpc) is 3.47. The third kappa shape index (κ3) is 4.30. The molecule has 1 aromatic carbocycles. The Hall–Kier alpha value is -2.70. The maximum Gasteiger partial charge on any atom is 0.326 e. The smallest absolute Gasteiger partial charge is 0.326 e. The maximum atomic E-state index is 13.1. The lowest BCUT2D eigenvalue weighted by Gasteiger charge is -2.31. The number of aryl methyl sites for hydroxylation is 2. The van der Waals surface area contributed by atoms with E-state index < -0.39 is 18.1 Å². The Morgan fingerprint density at radius 1 is 1.16 bits per heavy atom. The molecule has 0 spiro atoms. The molecule has 2 heterocycles. The highest BCUT2D eigenvalue weighted by atomic mass is 16.5. The number of nitrogens with zero attached hydrogens (tertiary/aromatic N) is 3. The number of aromatic nitrogens is 2. The molecule has 2 fully saturated rings. The van der Waals surface area contributed by atoms with Crippen LogP contribution in [0.4, 0.5) is 0 Å². The Morgan fingerprint density at radius 2 is 1.81 bits per heavy atom. The molecule has 1 aliphatic carbocycles. The fraction of sp³-hybridized carbons (Fsp3) is 0.600. The first-order valence-corrected chi connectivity index (χ1v) is 11.4. The molecule has 1 aromatic heterocycles. The van der Waals surface area contributed by atoms with Crippen molar-refractivity contribution in [3.63, 3.8) is 0 Å². The molecular weight excluding hydrogens is 406 g/mol. The first-order valence-electron chi connectivity index (χ1n) is 11.4. The van der Waals surface area contributed by atoms with Crippen LogP contribution in [-0.2, 0) is 9.59 Å². The van der Waals surface area contributed by atoms with E-state index in [4.69, 9.17) is 14.7 Å². The Balaban J connectivity index is 1.64. The van der Waals surface area contributed by atoms with Crippen molar-refractivity contribution in [3.8, 4) is 5.88 Å². The first-order chi connectivity index (χ1) is 15.0. The molecule has 4 rings (SSSR count). The van der Waals surface area contributed by atoms with E-state index in [9.17, 15) is 14.7 Å². The number of rotatable bonds is 5. The van der Waals surface area contributed by atoms with E-state index in [2.05, 4.69) is 13.0 Å². The minimum atomic E-state index is -0.997.